The van der Waals surface area contributed by atoms with Gasteiger partial charge in [0.25, 0.3) is 0 Å². The summed E-state index contributed by atoms with van der Waals surface area (Å²) in [5.74, 6) is -0.0546. The topological polar surface area (TPSA) is 96.0 Å². The second-order valence-corrected chi connectivity index (χ2v) is 14.0. The fourth-order valence-corrected chi connectivity index (χ4v) is 9.73. The number of carbonyl (C=O) groups is 4. The molecule has 0 aromatic heterocycles. The number of hydrogen-bond acceptors (Lipinski definition) is 7. The van der Waals surface area contributed by atoms with E-state index in [1.807, 2.05) is 0 Å². The lowest BCUT2D eigenvalue weighted by Crippen LogP contribution is -2.61. The normalized spacial score (nSPS) is 43.8. The molecule has 8 atom stereocenters. The summed E-state index contributed by atoms with van der Waals surface area (Å²) in [6.45, 7) is 7.49. The van der Waals surface area contributed by atoms with E-state index in [0.29, 0.717) is 6.42 Å². The van der Waals surface area contributed by atoms with Gasteiger partial charge in [-0.1, -0.05) is 45.6 Å². The SMILES string of the molecule is CC(C)C(=O)OCC(=O)[C@@]12O[C@H](C3CCCCC3)O[C@H]1C[C@H]1[C@@H]3CCC4=CC(=O)CC(=O)[C@]4(C)[C@H]3CC[C@@]12C. The van der Waals surface area contributed by atoms with Crippen LogP contribution in [0.5, 0.6) is 0 Å². The highest BCUT2D eigenvalue weighted by Crippen LogP contribution is 2.70. The number of Topliss-reactive ketones (excluding diaryl/α,β-unsaturated/α-hetero) is 2. The highest BCUT2D eigenvalue weighted by Gasteiger charge is 2.75. The Morgan fingerprint density at radius 3 is 2.51 bits per heavy atom. The first-order valence-corrected chi connectivity index (χ1v) is 15.3. The lowest BCUT2D eigenvalue weighted by Gasteiger charge is -2.58. The molecular formula is C32H44O7. The molecule has 0 spiro atoms. The first-order valence-electron chi connectivity index (χ1n) is 15.3. The van der Waals surface area contributed by atoms with Gasteiger partial charge in [-0.3, -0.25) is 19.2 Å². The van der Waals surface area contributed by atoms with Crippen molar-refractivity contribution in [3.05, 3.63) is 11.6 Å². The average Bonchev–Trinajstić information content (AvgIpc) is 3.41. The number of fused-ring (bicyclic) bond motifs is 7. The van der Waals surface area contributed by atoms with E-state index in [4.69, 9.17) is 14.2 Å². The lowest BCUT2D eigenvalue weighted by atomic mass is 9.46. The molecule has 6 rings (SSSR count). The van der Waals surface area contributed by atoms with Crippen LogP contribution in [-0.4, -0.2) is 47.9 Å². The largest absolute Gasteiger partial charge is 0.457 e. The van der Waals surface area contributed by atoms with E-state index in [0.717, 1.165) is 56.9 Å². The summed E-state index contributed by atoms with van der Waals surface area (Å²) >= 11 is 0. The van der Waals surface area contributed by atoms with Crippen LogP contribution >= 0.6 is 0 Å². The Hall–Kier alpha value is -1.86. The quantitative estimate of drug-likeness (QED) is 0.352. The van der Waals surface area contributed by atoms with Crippen LogP contribution in [0.15, 0.2) is 11.6 Å². The summed E-state index contributed by atoms with van der Waals surface area (Å²) in [4.78, 5) is 52.1. The van der Waals surface area contributed by atoms with Crippen LogP contribution < -0.4 is 0 Å². The van der Waals surface area contributed by atoms with Crippen LogP contribution in [-0.2, 0) is 33.4 Å². The molecule has 1 aliphatic heterocycles. The van der Waals surface area contributed by atoms with Gasteiger partial charge in [-0.05, 0) is 75.7 Å². The summed E-state index contributed by atoms with van der Waals surface area (Å²) in [6.07, 6.45) is 10.5. The van der Waals surface area contributed by atoms with Crippen LogP contribution in [0.1, 0.15) is 98.3 Å². The molecular weight excluding hydrogens is 496 g/mol. The van der Waals surface area contributed by atoms with Crippen molar-refractivity contribution >= 4 is 23.3 Å². The second kappa shape index (κ2) is 9.61. The van der Waals surface area contributed by atoms with Crippen LogP contribution in [0.25, 0.3) is 0 Å². The summed E-state index contributed by atoms with van der Waals surface area (Å²) in [5.41, 5.74) is -1.23. The summed E-state index contributed by atoms with van der Waals surface area (Å²) in [5, 5.41) is 0. The van der Waals surface area contributed by atoms with Gasteiger partial charge in [0.15, 0.2) is 30.1 Å². The van der Waals surface area contributed by atoms with E-state index >= 15 is 0 Å². The van der Waals surface area contributed by atoms with E-state index in [-0.39, 0.29) is 72.0 Å². The van der Waals surface area contributed by atoms with E-state index in [2.05, 4.69) is 13.8 Å². The molecule has 0 amide bonds. The Bertz CT molecular complexity index is 1100. The second-order valence-electron chi connectivity index (χ2n) is 14.0. The molecule has 5 aliphatic carbocycles. The smallest absolute Gasteiger partial charge is 0.308 e. The molecule has 1 saturated heterocycles. The average molecular weight is 541 g/mol. The first-order chi connectivity index (χ1) is 18.5. The van der Waals surface area contributed by atoms with Gasteiger partial charge in [0.05, 0.1) is 23.9 Å². The molecule has 5 fully saturated rings. The highest BCUT2D eigenvalue weighted by molar-refractivity contribution is 6.11. The van der Waals surface area contributed by atoms with Crippen LogP contribution in [0, 0.1) is 40.4 Å². The van der Waals surface area contributed by atoms with Crippen molar-refractivity contribution < 1.29 is 33.4 Å². The number of esters is 1. The van der Waals surface area contributed by atoms with Gasteiger partial charge >= 0.3 is 5.97 Å². The molecule has 0 aromatic rings. The van der Waals surface area contributed by atoms with Crippen molar-refractivity contribution in [3.8, 4) is 0 Å². The molecule has 0 unspecified atom stereocenters. The molecule has 7 heteroatoms. The van der Waals surface area contributed by atoms with Crippen molar-refractivity contribution in [3.63, 3.8) is 0 Å². The van der Waals surface area contributed by atoms with Crippen molar-refractivity contribution in [2.75, 3.05) is 6.61 Å². The van der Waals surface area contributed by atoms with Crippen LogP contribution in [0.3, 0.4) is 0 Å². The minimum atomic E-state index is -1.15. The Morgan fingerprint density at radius 1 is 1.05 bits per heavy atom. The molecule has 0 bridgehead atoms. The van der Waals surface area contributed by atoms with E-state index in [9.17, 15) is 19.2 Å². The van der Waals surface area contributed by atoms with Gasteiger partial charge in [0.2, 0.25) is 5.78 Å². The van der Waals surface area contributed by atoms with Gasteiger partial charge in [0.1, 0.15) is 0 Å². The summed E-state index contributed by atoms with van der Waals surface area (Å²) < 4.78 is 19.1. The van der Waals surface area contributed by atoms with Gasteiger partial charge < -0.3 is 14.2 Å². The van der Waals surface area contributed by atoms with Gasteiger partial charge in [-0.25, -0.2) is 0 Å². The molecule has 39 heavy (non-hydrogen) atoms. The molecule has 7 nitrogen and oxygen atoms in total. The van der Waals surface area contributed by atoms with Gasteiger partial charge in [-0.15, -0.1) is 0 Å². The van der Waals surface area contributed by atoms with E-state index in [1.165, 1.54) is 6.42 Å². The zero-order valence-corrected chi connectivity index (χ0v) is 24.0. The maximum atomic E-state index is 14.2. The number of carbonyl (C=O) groups excluding carboxylic acids is 4. The number of allylic oxidation sites excluding steroid dienone is 1. The van der Waals surface area contributed by atoms with Gasteiger partial charge in [0, 0.05) is 11.3 Å². The lowest BCUT2D eigenvalue weighted by molar-refractivity contribution is -0.199. The van der Waals surface area contributed by atoms with Crippen LogP contribution in [0.2, 0.25) is 0 Å². The summed E-state index contributed by atoms with van der Waals surface area (Å²) in [7, 11) is 0. The Labute approximate surface area is 231 Å². The Balaban J connectivity index is 1.33. The van der Waals surface area contributed by atoms with E-state index < -0.39 is 22.7 Å². The fraction of sp³-hybridized carbons (Fsp3) is 0.812. The predicted octanol–water partition coefficient (Wildman–Crippen LogP) is 5.14. The maximum Gasteiger partial charge on any atom is 0.308 e. The van der Waals surface area contributed by atoms with Crippen molar-refractivity contribution in [2.24, 2.45) is 40.4 Å². The summed E-state index contributed by atoms with van der Waals surface area (Å²) in [6, 6.07) is 0. The maximum absolute atomic E-state index is 14.2. The van der Waals surface area contributed by atoms with E-state index in [1.54, 1.807) is 19.9 Å². The molecule has 1 heterocycles. The molecule has 0 radical (unpaired) electrons. The van der Waals surface area contributed by atoms with Crippen molar-refractivity contribution in [1.82, 2.24) is 0 Å². The number of rotatable bonds is 5. The number of ether oxygens (including phenoxy) is 3. The molecule has 214 valence electrons. The third kappa shape index (κ3) is 3.88. The standard InChI is InChI=1S/C32H44O7/c1-18(2)28(36)37-17-26(35)32-27(38-29(39-32)19-8-6-5-7-9-19)16-24-22-11-10-20-14-21(33)15-25(34)31(20,4)23(22)12-13-30(24,32)3/h14,18-19,22-24,27,29H,5-13,15-17H2,1-4H3/t22-,23+,24+,27+,29-,30+,31+,32-/m1/s1. The number of hydrogen-bond donors (Lipinski definition) is 0. The fourth-order valence-electron chi connectivity index (χ4n) is 9.73. The molecule has 0 aromatic carbocycles. The zero-order valence-electron chi connectivity index (χ0n) is 24.0. The first kappa shape index (κ1) is 27.3. The number of ketones is 3. The zero-order chi connectivity index (χ0) is 27.7. The minimum Gasteiger partial charge on any atom is -0.457 e. The van der Waals surface area contributed by atoms with Crippen LogP contribution in [0.4, 0.5) is 0 Å². The molecule has 4 saturated carbocycles. The molecule has 6 aliphatic rings. The monoisotopic (exact) mass is 540 g/mol. The minimum absolute atomic E-state index is 0.00723. The molecule has 0 N–H and O–H groups in total. The highest BCUT2D eigenvalue weighted by atomic mass is 16.7. The predicted molar refractivity (Wildman–Crippen MR) is 142 cm³/mol. The Morgan fingerprint density at radius 2 is 1.79 bits per heavy atom. The third-order valence-corrected chi connectivity index (χ3v) is 11.9. The van der Waals surface area contributed by atoms with Crippen molar-refractivity contribution in [1.29, 1.82) is 0 Å². The third-order valence-electron chi connectivity index (χ3n) is 11.9. The van der Waals surface area contributed by atoms with Crippen molar-refractivity contribution in [2.45, 2.75) is 116 Å². The Kier molecular flexibility index (Phi) is 6.73. The van der Waals surface area contributed by atoms with Gasteiger partial charge in [-0.2, -0.15) is 0 Å².